The molecular formula is C16H13BrClNO2. The van der Waals surface area contributed by atoms with Crippen molar-refractivity contribution < 1.29 is 9.53 Å². The first-order valence-corrected chi connectivity index (χ1v) is 7.67. The number of benzene rings is 2. The standard InChI is InChI=1S/C16H13BrClNO2/c1-21-13-4-5-14(17)11(6-13)9-19-15-8-12(18)3-2-10(15)7-16(19)20/h2-6,8H,7,9H2,1H3. The van der Waals surface area contributed by atoms with Crippen molar-refractivity contribution in [2.24, 2.45) is 0 Å². The molecule has 2 aromatic rings. The highest BCUT2D eigenvalue weighted by Gasteiger charge is 2.27. The summed E-state index contributed by atoms with van der Waals surface area (Å²) in [5.41, 5.74) is 2.90. The van der Waals surface area contributed by atoms with Crippen LogP contribution in [-0.2, 0) is 17.8 Å². The molecule has 1 heterocycles. The van der Waals surface area contributed by atoms with Crippen molar-refractivity contribution in [1.82, 2.24) is 0 Å². The molecule has 0 saturated heterocycles. The average Bonchev–Trinajstić information content (AvgIpc) is 2.77. The molecule has 3 nitrogen and oxygen atoms in total. The van der Waals surface area contributed by atoms with Crippen molar-refractivity contribution in [1.29, 1.82) is 0 Å². The first-order chi connectivity index (χ1) is 10.1. The van der Waals surface area contributed by atoms with Crippen molar-refractivity contribution >= 4 is 39.1 Å². The van der Waals surface area contributed by atoms with Crippen LogP contribution in [0.1, 0.15) is 11.1 Å². The summed E-state index contributed by atoms with van der Waals surface area (Å²) in [5.74, 6) is 0.855. The van der Waals surface area contributed by atoms with Gasteiger partial charge in [-0.3, -0.25) is 4.79 Å². The lowest BCUT2D eigenvalue weighted by Gasteiger charge is -2.19. The van der Waals surface area contributed by atoms with Crippen molar-refractivity contribution in [3.05, 3.63) is 57.0 Å². The number of carbonyl (C=O) groups is 1. The predicted octanol–water partition coefficient (Wildman–Crippen LogP) is 4.20. The fourth-order valence-electron chi connectivity index (χ4n) is 2.47. The van der Waals surface area contributed by atoms with Gasteiger partial charge >= 0.3 is 0 Å². The Morgan fingerprint density at radius 2 is 2.10 bits per heavy atom. The third-order valence-electron chi connectivity index (χ3n) is 3.56. The fraction of sp³-hybridized carbons (Fsp3) is 0.188. The third-order valence-corrected chi connectivity index (χ3v) is 4.57. The highest BCUT2D eigenvalue weighted by Crippen LogP contribution is 2.34. The fourth-order valence-corrected chi connectivity index (χ4v) is 3.01. The maximum atomic E-state index is 12.2. The highest BCUT2D eigenvalue weighted by molar-refractivity contribution is 9.10. The van der Waals surface area contributed by atoms with Crippen LogP contribution in [0.3, 0.4) is 0 Å². The Kier molecular flexibility index (Phi) is 3.91. The van der Waals surface area contributed by atoms with E-state index < -0.39 is 0 Å². The number of hydrogen-bond acceptors (Lipinski definition) is 2. The molecule has 5 heteroatoms. The van der Waals surface area contributed by atoms with Crippen molar-refractivity contribution in [3.8, 4) is 5.75 Å². The summed E-state index contributed by atoms with van der Waals surface area (Å²) in [7, 11) is 1.63. The van der Waals surface area contributed by atoms with Gasteiger partial charge in [-0.25, -0.2) is 0 Å². The number of anilines is 1. The number of ether oxygens (including phenoxy) is 1. The van der Waals surface area contributed by atoms with Gasteiger partial charge in [0.05, 0.1) is 20.1 Å². The average molecular weight is 367 g/mol. The molecule has 0 radical (unpaired) electrons. The van der Waals surface area contributed by atoms with Crippen molar-refractivity contribution in [3.63, 3.8) is 0 Å². The van der Waals surface area contributed by atoms with E-state index >= 15 is 0 Å². The number of amides is 1. The number of fused-ring (bicyclic) bond motifs is 1. The topological polar surface area (TPSA) is 29.5 Å². The lowest BCUT2D eigenvalue weighted by Crippen LogP contribution is -2.26. The minimum Gasteiger partial charge on any atom is -0.497 e. The molecule has 3 rings (SSSR count). The number of nitrogens with zero attached hydrogens (tertiary/aromatic N) is 1. The molecule has 0 N–H and O–H groups in total. The molecule has 1 aliphatic heterocycles. The lowest BCUT2D eigenvalue weighted by molar-refractivity contribution is -0.117. The van der Waals surface area contributed by atoms with Crippen molar-refractivity contribution in [2.45, 2.75) is 13.0 Å². The van der Waals surface area contributed by atoms with E-state index in [0.717, 1.165) is 27.0 Å². The summed E-state index contributed by atoms with van der Waals surface area (Å²) in [4.78, 5) is 14.0. The zero-order chi connectivity index (χ0) is 15.0. The molecular weight excluding hydrogens is 354 g/mol. The highest BCUT2D eigenvalue weighted by atomic mass is 79.9. The lowest BCUT2D eigenvalue weighted by atomic mass is 10.1. The molecule has 21 heavy (non-hydrogen) atoms. The van der Waals surface area contributed by atoms with E-state index in [1.54, 1.807) is 12.0 Å². The number of carbonyl (C=O) groups excluding carboxylic acids is 1. The Balaban J connectivity index is 1.96. The number of halogens is 2. The predicted molar refractivity (Wildman–Crippen MR) is 87.0 cm³/mol. The normalized spacial score (nSPS) is 13.5. The first-order valence-electron chi connectivity index (χ1n) is 6.49. The van der Waals surface area contributed by atoms with Gasteiger partial charge in [0.1, 0.15) is 5.75 Å². The quantitative estimate of drug-likeness (QED) is 0.815. The second-order valence-electron chi connectivity index (χ2n) is 4.89. The van der Waals surface area contributed by atoms with E-state index in [0.29, 0.717) is 18.0 Å². The molecule has 1 aliphatic rings. The Bertz CT molecular complexity index is 717. The Hall–Kier alpha value is -1.52. The van der Waals surface area contributed by atoms with E-state index in [-0.39, 0.29) is 5.91 Å². The molecule has 0 atom stereocenters. The minimum atomic E-state index is 0.0852. The van der Waals surface area contributed by atoms with Gasteiger partial charge in [-0.05, 0) is 41.5 Å². The van der Waals surface area contributed by atoms with Crippen LogP contribution in [-0.4, -0.2) is 13.0 Å². The van der Waals surface area contributed by atoms with Crippen molar-refractivity contribution in [2.75, 3.05) is 12.0 Å². The number of methoxy groups -OCH3 is 1. The smallest absolute Gasteiger partial charge is 0.231 e. The molecule has 0 spiro atoms. The van der Waals surface area contributed by atoms with Crippen LogP contribution in [0.5, 0.6) is 5.75 Å². The zero-order valence-electron chi connectivity index (χ0n) is 11.4. The van der Waals surface area contributed by atoms with Gasteiger partial charge in [0.2, 0.25) is 5.91 Å². The number of hydrogen-bond donors (Lipinski definition) is 0. The number of rotatable bonds is 3. The summed E-state index contributed by atoms with van der Waals surface area (Å²) in [6, 6.07) is 11.3. The van der Waals surface area contributed by atoms with Crippen LogP contribution in [0, 0.1) is 0 Å². The molecule has 1 amide bonds. The molecule has 0 aromatic heterocycles. The van der Waals surface area contributed by atoms with Crippen LogP contribution < -0.4 is 9.64 Å². The van der Waals surface area contributed by atoms with Crippen LogP contribution in [0.15, 0.2) is 40.9 Å². The monoisotopic (exact) mass is 365 g/mol. The minimum absolute atomic E-state index is 0.0852. The van der Waals surface area contributed by atoms with Gasteiger partial charge < -0.3 is 9.64 Å². The van der Waals surface area contributed by atoms with Gasteiger partial charge in [-0.15, -0.1) is 0 Å². The summed E-state index contributed by atoms with van der Waals surface area (Å²) >= 11 is 9.57. The molecule has 0 bridgehead atoms. The van der Waals surface area contributed by atoms with Gasteiger partial charge in [0.15, 0.2) is 0 Å². The van der Waals surface area contributed by atoms with E-state index in [2.05, 4.69) is 15.9 Å². The van der Waals surface area contributed by atoms with E-state index in [9.17, 15) is 4.79 Å². The van der Waals surface area contributed by atoms with E-state index in [1.165, 1.54) is 0 Å². The molecule has 108 valence electrons. The molecule has 0 aliphatic carbocycles. The summed E-state index contributed by atoms with van der Waals surface area (Å²) in [6.45, 7) is 0.490. The first kappa shape index (κ1) is 14.4. The molecule has 0 saturated carbocycles. The van der Waals surface area contributed by atoms with Gasteiger partial charge in [-0.2, -0.15) is 0 Å². The Morgan fingerprint density at radius 1 is 1.29 bits per heavy atom. The van der Waals surface area contributed by atoms with Crippen LogP contribution in [0.25, 0.3) is 0 Å². The zero-order valence-corrected chi connectivity index (χ0v) is 13.7. The molecule has 0 unspecified atom stereocenters. The van der Waals surface area contributed by atoms with Crippen LogP contribution in [0.4, 0.5) is 5.69 Å². The second kappa shape index (κ2) is 5.70. The van der Waals surface area contributed by atoms with E-state index in [4.69, 9.17) is 16.3 Å². The van der Waals surface area contributed by atoms with E-state index in [1.807, 2.05) is 36.4 Å². The maximum absolute atomic E-state index is 12.2. The Labute approximate surface area is 136 Å². The van der Waals surface area contributed by atoms with Crippen LogP contribution in [0.2, 0.25) is 5.02 Å². The maximum Gasteiger partial charge on any atom is 0.231 e. The molecule has 0 fully saturated rings. The third kappa shape index (κ3) is 2.78. The summed E-state index contributed by atoms with van der Waals surface area (Å²) in [6.07, 6.45) is 0.425. The van der Waals surface area contributed by atoms with Crippen LogP contribution >= 0.6 is 27.5 Å². The van der Waals surface area contributed by atoms with Gasteiger partial charge in [-0.1, -0.05) is 33.6 Å². The van der Waals surface area contributed by atoms with Gasteiger partial charge in [0.25, 0.3) is 0 Å². The Morgan fingerprint density at radius 3 is 2.86 bits per heavy atom. The summed E-state index contributed by atoms with van der Waals surface area (Å²) < 4.78 is 6.19. The second-order valence-corrected chi connectivity index (χ2v) is 6.18. The summed E-state index contributed by atoms with van der Waals surface area (Å²) in [5, 5.41) is 0.637. The largest absolute Gasteiger partial charge is 0.497 e. The molecule has 2 aromatic carbocycles. The SMILES string of the molecule is COc1ccc(Br)c(CN2C(=O)Cc3ccc(Cl)cc32)c1. The van der Waals surface area contributed by atoms with Gasteiger partial charge in [0, 0.05) is 15.2 Å².